The van der Waals surface area contributed by atoms with Gasteiger partial charge in [0.1, 0.15) is 9.90 Å². The molecule has 0 aliphatic heterocycles. The van der Waals surface area contributed by atoms with Crippen molar-refractivity contribution in [1.29, 1.82) is 0 Å². The Hall–Kier alpha value is -0.860. The zero-order valence-electron chi connectivity index (χ0n) is 13.1. The lowest BCUT2D eigenvalue weighted by Crippen LogP contribution is -2.56. The van der Waals surface area contributed by atoms with Gasteiger partial charge in [0.25, 0.3) is 0 Å². The van der Waals surface area contributed by atoms with Crippen LogP contribution in [0.4, 0.5) is 10.8 Å². The minimum Gasteiger partial charge on any atom is -0.382 e. The largest absolute Gasteiger partial charge is 0.382 e. The molecule has 0 spiro atoms. The molecule has 0 unspecified atom stereocenters. The molecule has 1 aliphatic rings. The van der Waals surface area contributed by atoms with Crippen molar-refractivity contribution in [2.24, 2.45) is 0 Å². The van der Waals surface area contributed by atoms with Crippen LogP contribution in [-0.2, 0) is 9.84 Å². The van der Waals surface area contributed by atoms with Crippen LogP contribution < -0.4 is 10.6 Å². The average Bonchev–Trinajstić information content (AvgIpc) is 2.75. The van der Waals surface area contributed by atoms with Crippen LogP contribution in [0.1, 0.15) is 26.2 Å². The number of nitrogen functional groups attached to an aromatic ring is 1. The fourth-order valence-corrected chi connectivity index (χ4v) is 5.10. The van der Waals surface area contributed by atoms with E-state index < -0.39 is 9.84 Å². The normalized spacial score (nSPS) is 17.8. The molecule has 1 heterocycles. The highest BCUT2D eigenvalue weighted by Gasteiger charge is 2.41. The maximum Gasteiger partial charge on any atom is 0.184 e. The molecule has 120 valence electrons. The van der Waals surface area contributed by atoms with E-state index in [4.69, 9.17) is 5.73 Å². The van der Waals surface area contributed by atoms with Crippen molar-refractivity contribution in [3.8, 4) is 0 Å². The molecular weight excluding hydrogens is 308 g/mol. The Morgan fingerprint density at radius 2 is 1.95 bits per heavy atom. The molecule has 21 heavy (non-hydrogen) atoms. The number of nitrogens with two attached hydrogens (primary N) is 1. The van der Waals surface area contributed by atoms with Gasteiger partial charge in [-0.3, -0.25) is 0 Å². The lowest BCUT2D eigenvalue weighted by molar-refractivity contribution is 0.0683. The minimum atomic E-state index is -3.36. The van der Waals surface area contributed by atoms with Gasteiger partial charge < -0.3 is 15.5 Å². The van der Waals surface area contributed by atoms with Crippen LogP contribution in [-0.4, -0.2) is 56.7 Å². The molecule has 6 nitrogen and oxygen atoms in total. The zero-order valence-corrected chi connectivity index (χ0v) is 14.7. The monoisotopic (exact) mass is 332 g/mol. The van der Waals surface area contributed by atoms with E-state index in [0.29, 0.717) is 5.00 Å². The van der Waals surface area contributed by atoms with Crippen LogP contribution in [0.3, 0.4) is 0 Å². The smallest absolute Gasteiger partial charge is 0.184 e. The third-order valence-electron chi connectivity index (χ3n) is 4.46. The molecule has 0 radical (unpaired) electrons. The van der Waals surface area contributed by atoms with Crippen molar-refractivity contribution in [2.45, 2.75) is 36.6 Å². The van der Waals surface area contributed by atoms with Gasteiger partial charge in [-0.15, -0.1) is 0 Å². The summed E-state index contributed by atoms with van der Waals surface area (Å²) in [4.78, 5) is 4.44. The highest BCUT2D eigenvalue weighted by molar-refractivity contribution is 7.91. The molecule has 2 N–H and O–H groups in total. The van der Waals surface area contributed by atoms with E-state index in [1.807, 2.05) is 11.9 Å². The van der Waals surface area contributed by atoms with Gasteiger partial charge in [-0.2, -0.15) is 4.37 Å². The summed E-state index contributed by atoms with van der Waals surface area (Å²) < 4.78 is 28.5. The van der Waals surface area contributed by atoms with Crippen LogP contribution >= 0.6 is 11.5 Å². The second-order valence-corrected chi connectivity index (χ2v) is 8.90. The Labute approximate surface area is 131 Å². The first-order valence-corrected chi connectivity index (χ1v) is 9.52. The van der Waals surface area contributed by atoms with Crippen molar-refractivity contribution in [3.63, 3.8) is 0 Å². The molecule has 1 saturated carbocycles. The molecule has 0 aromatic carbocycles. The van der Waals surface area contributed by atoms with E-state index in [-0.39, 0.29) is 22.0 Å². The molecule has 0 saturated heterocycles. The van der Waals surface area contributed by atoms with E-state index in [0.717, 1.165) is 19.4 Å². The Morgan fingerprint density at radius 1 is 1.33 bits per heavy atom. The molecule has 0 amide bonds. The van der Waals surface area contributed by atoms with Crippen LogP contribution in [0.15, 0.2) is 4.90 Å². The number of nitrogens with zero attached hydrogens (tertiary/aromatic N) is 3. The molecule has 1 aromatic heterocycles. The van der Waals surface area contributed by atoms with Gasteiger partial charge >= 0.3 is 0 Å². The maximum absolute atomic E-state index is 12.2. The summed E-state index contributed by atoms with van der Waals surface area (Å²) in [6, 6.07) is 0. The molecular formula is C13H24N4O2S2. The summed E-state index contributed by atoms with van der Waals surface area (Å²) in [7, 11) is 2.73. The number of likely N-dealkylation sites (N-methyl/N-ethyl adjacent to an activating group) is 2. The highest BCUT2D eigenvalue weighted by Crippen LogP contribution is 2.40. The van der Waals surface area contributed by atoms with E-state index in [1.165, 1.54) is 18.0 Å². The van der Waals surface area contributed by atoms with E-state index in [1.54, 1.807) is 6.92 Å². The Kier molecular flexibility index (Phi) is 4.51. The van der Waals surface area contributed by atoms with E-state index in [9.17, 15) is 8.42 Å². The van der Waals surface area contributed by atoms with Crippen molar-refractivity contribution in [1.82, 2.24) is 9.27 Å². The van der Waals surface area contributed by atoms with Gasteiger partial charge in [-0.1, -0.05) is 6.92 Å². The topological polar surface area (TPSA) is 79.5 Å². The summed E-state index contributed by atoms with van der Waals surface area (Å²) in [6.07, 6.45) is 3.49. The van der Waals surface area contributed by atoms with Crippen LogP contribution in [0.25, 0.3) is 0 Å². The fourth-order valence-electron chi connectivity index (χ4n) is 2.81. The van der Waals surface area contributed by atoms with Gasteiger partial charge in [0.2, 0.25) is 0 Å². The average molecular weight is 332 g/mol. The van der Waals surface area contributed by atoms with Gasteiger partial charge in [-0.05, 0) is 44.9 Å². The first-order chi connectivity index (χ1) is 9.73. The number of rotatable bonds is 6. The van der Waals surface area contributed by atoms with E-state index >= 15 is 0 Å². The van der Waals surface area contributed by atoms with Crippen LogP contribution in [0, 0.1) is 0 Å². The van der Waals surface area contributed by atoms with Gasteiger partial charge in [0.15, 0.2) is 15.7 Å². The summed E-state index contributed by atoms with van der Waals surface area (Å²) in [5, 5.41) is 0.655. The predicted molar refractivity (Wildman–Crippen MR) is 87.8 cm³/mol. The summed E-state index contributed by atoms with van der Waals surface area (Å²) >= 11 is 1.17. The molecule has 1 aliphatic carbocycles. The number of sulfone groups is 1. The molecule has 0 atom stereocenters. The Morgan fingerprint density at radius 3 is 2.38 bits per heavy atom. The first kappa shape index (κ1) is 16.5. The summed E-state index contributed by atoms with van der Waals surface area (Å²) in [5.74, 6) is 0.158. The van der Waals surface area contributed by atoms with Gasteiger partial charge in [-0.25, -0.2) is 8.42 Å². The standard InChI is InChI=1S/C13H24N4O2S2/c1-5-21(18,19)10-11(14)15-20-12(10)17(4)9-13(16(2)3)7-6-8-13/h5-9H2,1-4H3,(H2,14,15). The maximum atomic E-state index is 12.2. The molecule has 1 aromatic rings. The zero-order chi connectivity index (χ0) is 15.8. The molecule has 0 bridgehead atoms. The molecule has 2 rings (SSSR count). The van der Waals surface area contributed by atoms with Gasteiger partial charge in [0, 0.05) is 19.1 Å². The number of anilines is 2. The van der Waals surface area contributed by atoms with Gasteiger partial charge in [0.05, 0.1) is 5.75 Å². The van der Waals surface area contributed by atoms with Crippen molar-refractivity contribution in [3.05, 3.63) is 0 Å². The second-order valence-electron chi connectivity index (χ2n) is 5.93. The predicted octanol–water partition coefficient (Wildman–Crippen LogP) is 1.44. The van der Waals surface area contributed by atoms with Crippen molar-refractivity contribution >= 4 is 32.2 Å². The molecule has 8 heteroatoms. The minimum absolute atomic E-state index is 0.0370. The van der Waals surface area contributed by atoms with E-state index in [2.05, 4.69) is 23.4 Å². The number of aromatic nitrogens is 1. The quantitative estimate of drug-likeness (QED) is 0.849. The van der Waals surface area contributed by atoms with Crippen molar-refractivity contribution < 1.29 is 8.42 Å². The fraction of sp³-hybridized carbons (Fsp3) is 0.769. The third kappa shape index (κ3) is 2.89. The Bertz CT molecular complexity index is 606. The number of hydrogen-bond donors (Lipinski definition) is 1. The summed E-state index contributed by atoms with van der Waals surface area (Å²) in [6.45, 7) is 2.41. The summed E-state index contributed by atoms with van der Waals surface area (Å²) in [5.41, 5.74) is 5.92. The van der Waals surface area contributed by atoms with Crippen LogP contribution in [0.2, 0.25) is 0 Å². The highest BCUT2D eigenvalue weighted by atomic mass is 32.2. The SMILES string of the molecule is CCS(=O)(=O)c1c(N)nsc1N(C)CC1(N(C)C)CCC1. The van der Waals surface area contributed by atoms with Crippen molar-refractivity contribution in [2.75, 3.05) is 44.1 Å². The number of hydrogen-bond acceptors (Lipinski definition) is 7. The molecule has 1 fully saturated rings. The first-order valence-electron chi connectivity index (χ1n) is 7.10. The lowest BCUT2D eigenvalue weighted by Gasteiger charge is -2.49. The van der Waals surface area contributed by atoms with Crippen LogP contribution in [0.5, 0.6) is 0 Å². The lowest BCUT2D eigenvalue weighted by atomic mass is 9.75. The second kappa shape index (κ2) is 5.73. The third-order valence-corrected chi connectivity index (χ3v) is 7.35. The Balaban J connectivity index is 2.31.